The van der Waals surface area contributed by atoms with E-state index in [9.17, 15) is 40.3 Å². The Kier molecular flexibility index (Phi) is 10.0. The van der Waals surface area contributed by atoms with Gasteiger partial charge in [0.05, 0.1) is 27.2 Å². The van der Waals surface area contributed by atoms with Gasteiger partial charge in [-0.1, -0.05) is 29.3 Å². The number of carbonyl (C=O) groups is 2. The second kappa shape index (κ2) is 13.2. The Morgan fingerprint density at radius 2 is 1.77 bits per heavy atom. The van der Waals surface area contributed by atoms with Crippen molar-refractivity contribution in [2.24, 2.45) is 5.92 Å². The third-order valence-corrected chi connectivity index (χ3v) is 7.55. The highest BCUT2D eigenvalue weighted by Crippen LogP contribution is 2.38. The third kappa shape index (κ3) is 8.14. The highest BCUT2D eigenvalue weighted by Gasteiger charge is 2.41. The van der Waals surface area contributed by atoms with Gasteiger partial charge in [0.25, 0.3) is 18.2 Å². The smallest absolute Gasteiger partial charge is 0.391 e. The number of rotatable bonds is 10. The molecule has 1 aromatic carbocycles. The largest absolute Gasteiger partial charge is 0.471 e. The first-order chi connectivity index (χ1) is 20.5. The topological polar surface area (TPSA) is 121 Å². The van der Waals surface area contributed by atoms with Crippen molar-refractivity contribution in [1.82, 2.24) is 25.6 Å². The van der Waals surface area contributed by atoms with Crippen LogP contribution >= 0.6 is 23.2 Å². The van der Waals surface area contributed by atoms with Crippen molar-refractivity contribution in [2.75, 3.05) is 11.9 Å². The van der Waals surface area contributed by atoms with Crippen LogP contribution in [0.5, 0.6) is 5.88 Å². The molecule has 2 aromatic heterocycles. The van der Waals surface area contributed by atoms with Crippen molar-refractivity contribution in [1.29, 1.82) is 0 Å². The van der Waals surface area contributed by atoms with Crippen LogP contribution in [0.15, 0.2) is 18.2 Å². The van der Waals surface area contributed by atoms with E-state index < -0.39 is 54.8 Å². The van der Waals surface area contributed by atoms with E-state index in [0.717, 1.165) is 0 Å². The molecule has 2 amide bonds. The summed E-state index contributed by atoms with van der Waals surface area (Å²) < 4.78 is 96.4. The van der Waals surface area contributed by atoms with Gasteiger partial charge >= 0.3 is 12.1 Å². The number of amides is 2. The summed E-state index contributed by atoms with van der Waals surface area (Å²) in [5, 5.41) is 7.53. The van der Waals surface area contributed by atoms with Crippen LogP contribution < -0.4 is 20.7 Å². The normalized spacial score (nSPS) is 17.5. The number of H-pyrrole nitrogens is 1. The predicted octanol–water partition coefficient (Wildman–Crippen LogP) is 6.77. The molecule has 3 aromatic rings. The minimum Gasteiger partial charge on any atom is -0.471 e. The molecule has 18 heteroatoms. The molecule has 0 bridgehead atoms. The van der Waals surface area contributed by atoms with Gasteiger partial charge in [-0.15, -0.1) is 0 Å². The average Bonchev–Trinajstić information content (AvgIpc) is 3.33. The minimum absolute atomic E-state index is 0.0274. The van der Waals surface area contributed by atoms with Gasteiger partial charge in [0.15, 0.2) is 12.3 Å². The summed E-state index contributed by atoms with van der Waals surface area (Å²) in [6.07, 6.45) is -7.42. The number of halogens is 9. The maximum Gasteiger partial charge on any atom is 0.391 e. The molecule has 44 heavy (non-hydrogen) atoms. The summed E-state index contributed by atoms with van der Waals surface area (Å²) in [4.78, 5) is 35.7. The van der Waals surface area contributed by atoms with Crippen molar-refractivity contribution in [3.8, 4) is 5.88 Å². The molecule has 1 aliphatic carbocycles. The molecule has 0 spiro atoms. The SMILES string of the molecule is CC(F)(F)C(=O)NCc1ccc(Cl)c(Nc2nc3nc(OCC(F)F)c(C(=O)N[C@H]4CC[C@H](C(F)(F)F)CC4)cc3[nH]2)c1Cl. The lowest BCUT2D eigenvalue weighted by Crippen LogP contribution is -2.40. The van der Waals surface area contributed by atoms with E-state index in [1.165, 1.54) is 18.2 Å². The zero-order chi connectivity index (χ0) is 32.4. The lowest BCUT2D eigenvalue weighted by Gasteiger charge is -2.30. The standard InChI is InChI=1S/C26H25Cl2F7N6O3/c1-25(31,32)23(43)36-9-11-2-7-15(27)19(18(11)28)39-24-38-16-8-14(22(40-20(16)41-24)44-10-17(29)30)21(42)37-13-5-3-12(4-6-13)26(33,34)35/h2,7-8,12-13,17H,3-6,9-10H2,1H3,(H,36,43)(H,37,42)(H2,38,39,40,41)/t12-,13-. The van der Waals surface area contributed by atoms with E-state index in [4.69, 9.17) is 27.9 Å². The summed E-state index contributed by atoms with van der Waals surface area (Å²) in [5.41, 5.74) is 0.122. The lowest BCUT2D eigenvalue weighted by molar-refractivity contribution is -0.182. The molecule has 1 fully saturated rings. The third-order valence-electron chi connectivity index (χ3n) is 6.81. The number of nitrogens with one attached hydrogen (secondary N) is 4. The molecule has 1 saturated carbocycles. The molecule has 0 saturated heterocycles. The van der Waals surface area contributed by atoms with Crippen LogP contribution in [-0.4, -0.2) is 57.9 Å². The van der Waals surface area contributed by atoms with E-state index in [0.29, 0.717) is 6.92 Å². The molecule has 2 heterocycles. The Morgan fingerprint density at radius 3 is 2.39 bits per heavy atom. The monoisotopic (exact) mass is 672 g/mol. The highest BCUT2D eigenvalue weighted by atomic mass is 35.5. The predicted molar refractivity (Wildman–Crippen MR) is 147 cm³/mol. The highest BCUT2D eigenvalue weighted by molar-refractivity contribution is 6.39. The van der Waals surface area contributed by atoms with Crippen LogP contribution in [-0.2, 0) is 11.3 Å². The summed E-state index contributed by atoms with van der Waals surface area (Å²) in [6.45, 7) is -1.00. The maximum absolute atomic E-state index is 13.2. The van der Waals surface area contributed by atoms with E-state index >= 15 is 0 Å². The first-order valence-electron chi connectivity index (χ1n) is 13.1. The molecule has 0 atom stereocenters. The Morgan fingerprint density at radius 1 is 1.09 bits per heavy atom. The van der Waals surface area contributed by atoms with E-state index in [2.05, 4.69) is 30.9 Å². The number of carbonyl (C=O) groups excluding carboxylic acids is 2. The van der Waals surface area contributed by atoms with Crippen molar-refractivity contribution in [2.45, 2.75) is 63.7 Å². The maximum atomic E-state index is 13.2. The molecule has 4 rings (SSSR count). The Balaban J connectivity index is 1.56. The Bertz CT molecular complexity index is 1520. The quantitative estimate of drug-likeness (QED) is 0.176. The zero-order valence-electron chi connectivity index (χ0n) is 22.7. The summed E-state index contributed by atoms with van der Waals surface area (Å²) in [6, 6.07) is 3.46. The van der Waals surface area contributed by atoms with Crippen LogP contribution in [0.1, 0.15) is 48.5 Å². The van der Waals surface area contributed by atoms with Crippen molar-refractivity contribution in [3.63, 3.8) is 0 Å². The van der Waals surface area contributed by atoms with Crippen LogP contribution in [0.25, 0.3) is 11.2 Å². The number of ether oxygens (including phenoxy) is 1. The van der Waals surface area contributed by atoms with Crippen LogP contribution in [0, 0.1) is 5.92 Å². The molecular formula is C26H25Cl2F7N6O3. The number of hydrogen-bond acceptors (Lipinski definition) is 6. The molecule has 0 radical (unpaired) electrons. The van der Waals surface area contributed by atoms with Crippen LogP contribution in [0.4, 0.5) is 42.4 Å². The van der Waals surface area contributed by atoms with Crippen LogP contribution in [0.3, 0.4) is 0 Å². The van der Waals surface area contributed by atoms with Gasteiger partial charge in [-0.3, -0.25) is 9.59 Å². The van der Waals surface area contributed by atoms with Gasteiger partial charge in [0, 0.05) is 19.5 Å². The van der Waals surface area contributed by atoms with Crippen molar-refractivity contribution < 1.29 is 45.1 Å². The summed E-state index contributed by atoms with van der Waals surface area (Å²) in [5.74, 6) is -7.88. The number of anilines is 2. The van der Waals surface area contributed by atoms with Gasteiger partial charge in [-0.2, -0.15) is 31.9 Å². The van der Waals surface area contributed by atoms with E-state index in [1.807, 2.05) is 0 Å². The molecular weight excluding hydrogens is 648 g/mol. The fraction of sp³-hybridized carbons (Fsp3) is 0.462. The second-order valence-electron chi connectivity index (χ2n) is 10.2. The van der Waals surface area contributed by atoms with Crippen molar-refractivity contribution >= 4 is 57.8 Å². The van der Waals surface area contributed by atoms with Gasteiger partial charge in [0.1, 0.15) is 5.56 Å². The molecule has 4 N–H and O–H groups in total. The number of aromatic nitrogens is 3. The lowest BCUT2D eigenvalue weighted by atomic mass is 9.85. The van der Waals surface area contributed by atoms with Crippen molar-refractivity contribution in [3.05, 3.63) is 39.4 Å². The second-order valence-corrected chi connectivity index (χ2v) is 10.9. The Labute approximate surface area is 255 Å². The van der Waals surface area contributed by atoms with Gasteiger partial charge in [-0.25, -0.2) is 8.78 Å². The molecule has 0 unspecified atom stereocenters. The number of fused-ring (bicyclic) bond motifs is 1. The molecule has 9 nitrogen and oxygen atoms in total. The van der Waals surface area contributed by atoms with E-state index in [-0.39, 0.29) is 76.2 Å². The summed E-state index contributed by atoms with van der Waals surface area (Å²) in [7, 11) is 0. The number of aromatic amines is 1. The fourth-order valence-corrected chi connectivity index (χ4v) is 5.06. The number of alkyl halides is 7. The first-order valence-corrected chi connectivity index (χ1v) is 13.9. The summed E-state index contributed by atoms with van der Waals surface area (Å²) >= 11 is 12.7. The molecule has 1 aliphatic rings. The number of imidazole rings is 1. The fourth-order valence-electron chi connectivity index (χ4n) is 4.52. The number of pyridine rings is 1. The van der Waals surface area contributed by atoms with Gasteiger partial charge in [0.2, 0.25) is 11.8 Å². The first kappa shape index (κ1) is 33.4. The molecule has 0 aliphatic heterocycles. The minimum atomic E-state index is -4.33. The van der Waals surface area contributed by atoms with Crippen LogP contribution in [0.2, 0.25) is 10.0 Å². The number of nitrogens with zero attached hydrogens (tertiary/aromatic N) is 2. The average molecular weight is 673 g/mol. The van der Waals surface area contributed by atoms with Gasteiger partial charge < -0.3 is 25.7 Å². The van der Waals surface area contributed by atoms with E-state index in [1.54, 1.807) is 0 Å². The number of benzene rings is 1. The van der Waals surface area contributed by atoms with Gasteiger partial charge in [-0.05, 0) is 43.4 Å². The zero-order valence-corrected chi connectivity index (χ0v) is 24.2. The molecule has 240 valence electrons. The number of hydrogen-bond donors (Lipinski definition) is 4. The Hall–Kier alpha value is -3.53.